The molecule has 1 unspecified atom stereocenters. The number of ether oxygens (including phenoxy) is 3. The predicted octanol–water partition coefficient (Wildman–Crippen LogP) is 4.56. The van der Waals surface area contributed by atoms with E-state index in [1.807, 2.05) is 0 Å². The lowest BCUT2D eigenvalue weighted by Crippen LogP contribution is -2.52. The summed E-state index contributed by atoms with van der Waals surface area (Å²) < 4.78 is 77.1. The second-order valence-corrected chi connectivity index (χ2v) is 7.03. The van der Waals surface area contributed by atoms with Gasteiger partial charge in [0, 0.05) is 25.2 Å². The van der Waals surface area contributed by atoms with E-state index in [1.54, 1.807) is 6.92 Å². The quantitative estimate of drug-likeness (QED) is 0.403. The van der Waals surface area contributed by atoms with Gasteiger partial charge in [0.15, 0.2) is 0 Å². The summed E-state index contributed by atoms with van der Waals surface area (Å²) in [6.45, 7) is 1.56. The third kappa shape index (κ3) is 4.89. The number of carbonyl (C=O) groups is 1. The Morgan fingerprint density at radius 3 is 2.36 bits per heavy atom. The Balaban J connectivity index is 1.92. The zero-order chi connectivity index (χ0) is 24.6. The highest BCUT2D eigenvalue weighted by Gasteiger charge is 2.43. The number of fused-ring (bicyclic) bond motifs is 1. The van der Waals surface area contributed by atoms with Gasteiger partial charge in [-0.05, 0) is 49.4 Å². The van der Waals surface area contributed by atoms with E-state index in [4.69, 9.17) is 14.9 Å². The van der Waals surface area contributed by atoms with Crippen LogP contribution in [0.1, 0.15) is 28.4 Å². The highest BCUT2D eigenvalue weighted by molar-refractivity contribution is 6.05. The number of aliphatic imine (C=N–C) groups is 1. The van der Waals surface area contributed by atoms with Gasteiger partial charge >= 0.3 is 12.8 Å². The van der Waals surface area contributed by atoms with Crippen LogP contribution in [0.5, 0.6) is 11.5 Å². The number of halogens is 5. The lowest BCUT2D eigenvalue weighted by Gasteiger charge is -2.43. The third-order valence-corrected chi connectivity index (χ3v) is 4.94. The van der Waals surface area contributed by atoms with Gasteiger partial charge in [-0.3, -0.25) is 20.1 Å². The fourth-order valence-corrected chi connectivity index (χ4v) is 3.18. The van der Waals surface area contributed by atoms with Gasteiger partial charge in [0.1, 0.15) is 11.5 Å². The smallest absolute Gasteiger partial charge is 0.463 e. The van der Waals surface area contributed by atoms with Crippen molar-refractivity contribution >= 4 is 17.7 Å². The van der Waals surface area contributed by atoms with Gasteiger partial charge in [0.05, 0.1) is 5.56 Å². The van der Waals surface area contributed by atoms with Gasteiger partial charge in [-0.25, -0.2) is 0 Å². The Morgan fingerprint density at radius 1 is 1.18 bits per heavy atom. The topological polar surface area (TPSA) is 84.2 Å². The molecule has 0 aromatic heterocycles. The molecular formula is C21H18F5N3O4. The third-order valence-electron chi connectivity index (χ3n) is 4.94. The molecule has 3 rings (SSSR count). The first-order valence-corrected chi connectivity index (χ1v) is 9.35. The molecule has 1 aliphatic rings. The number of rotatable bonds is 4. The summed E-state index contributed by atoms with van der Waals surface area (Å²) in [7, 11) is 2.72. The number of carbonyl (C=O) groups excluding carboxylic acids is 1. The highest BCUT2D eigenvalue weighted by atomic mass is 19.4. The van der Waals surface area contributed by atoms with Crippen molar-refractivity contribution in [2.24, 2.45) is 4.99 Å². The molecule has 1 atom stereocenters. The second-order valence-electron chi connectivity index (χ2n) is 7.03. The molecule has 0 spiro atoms. The Morgan fingerprint density at radius 2 is 1.82 bits per heavy atom. The van der Waals surface area contributed by atoms with Crippen molar-refractivity contribution in [2.75, 3.05) is 14.1 Å². The average molecular weight is 471 g/mol. The zero-order valence-electron chi connectivity index (χ0n) is 17.5. The number of nitrogens with zero attached hydrogens (tertiary/aromatic N) is 2. The Kier molecular flexibility index (Phi) is 6.30. The molecule has 1 amide bonds. The molecule has 1 heterocycles. The fourth-order valence-electron chi connectivity index (χ4n) is 3.18. The zero-order valence-corrected chi connectivity index (χ0v) is 17.5. The van der Waals surface area contributed by atoms with Crippen LogP contribution in [0.25, 0.3) is 0 Å². The molecule has 1 aliphatic heterocycles. The molecule has 2 aromatic carbocycles. The molecule has 1 N–H and O–H groups in total. The predicted molar refractivity (Wildman–Crippen MR) is 107 cm³/mol. The maximum atomic E-state index is 13.1. The summed E-state index contributed by atoms with van der Waals surface area (Å²) >= 11 is 0. The number of benzene rings is 2. The largest absolute Gasteiger partial charge is 0.573 e. The first kappa shape index (κ1) is 24.0. The maximum Gasteiger partial charge on any atom is 0.573 e. The first-order valence-electron chi connectivity index (χ1n) is 9.35. The van der Waals surface area contributed by atoms with Crippen LogP contribution in [0, 0.1) is 5.41 Å². The standard InChI is InChI=1S/C21H18F5N3O4/c1-20(12-5-7-13(8-6-12)32-21(24,25)26)29(3)19(30)14-10-11(4-9-15(14)33-20)18(28-2)31-17(27)16(22)23/h4-10,16,27H,1-3H3/b27-17?,28-18-. The summed E-state index contributed by atoms with van der Waals surface area (Å²) in [5.41, 5.74) is -0.729. The van der Waals surface area contributed by atoms with E-state index in [2.05, 4.69) is 9.73 Å². The van der Waals surface area contributed by atoms with E-state index in [0.717, 1.165) is 12.1 Å². The van der Waals surface area contributed by atoms with Crippen LogP contribution < -0.4 is 9.47 Å². The molecule has 0 saturated heterocycles. The van der Waals surface area contributed by atoms with E-state index in [9.17, 15) is 26.7 Å². The molecule has 0 fully saturated rings. The monoisotopic (exact) mass is 471 g/mol. The molecule has 12 heteroatoms. The summed E-state index contributed by atoms with van der Waals surface area (Å²) in [5.74, 6) is -2.36. The molecule has 176 valence electrons. The van der Waals surface area contributed by atoms with Crippen LogP contribution in [0.15, 0.2) is 47.5 Å². The van der Waals surface area contributed by atoms with E-state index in [1.165, 1.54) is 49.3 Å². The minimum Gasteiger partial charge on any atom is -0.463 e. The van der Waals surface area contributed by atoms with Gasteiger partial charge in [-0.1, -0.05) is 0 Å². The summed E-state index contributed by atoms with van der Waals surface area (Å²) in [6.07, 6.45) is -7.97. The van der Waals surface area contributed by atoms with Crippen molar-refractivity contribution in [3.63, 3.8) is 0 Å². The summed E-state index contributed by atoms with van der Waals surface area (Å²) in [4.78, 5) is 18.1. The number of alkyl halides is 5. The molecule has 0 aliphatic carbocycles. The Hall–Kier alpha value is -3.70. The van der Waals surface area contributed by atoms with Crippen LogP contribution in [0.3, 0.4) is 0 Å². The maximum absolute atomic E-state index is 13.1. The molecular weight excluding hydrogens is 453 g/mol. The highest BCUT2D eigenvalue weighted by Crippen LogP contribution is 2.40. The Labute approximate surface area is 184 Å². The number of nitrogens with one attached hydrogen (secondary N) is 1. The lowest BCUT2D eigenvalue weighted by molar-refractivity contribution is -0.274. The Bertz CT molecular complexity index is 1100. The van der Waals surface area contributed by atoms with E-state index >= 15 is 0 Å². The number of amides is 1. The van der Waals surface area contributed by atoms with E-state index < -0.39 is 36.1 Å². The van der Waals surface area contributed by atoms with Crippen LogP contribution in [0.4, 0.5) is 22.0 Å². The second kappa shape index (κ2) is 8.68. The molecule has 33 heavy (non-hydrogen) atoms. The van der Waals surface area contributed by atoms with Crippen LogP contribution in [-0.2, 0) is 10.5 Å². The molecule has 7 nitrogen and oxygen atoms in total. The number of hydrogen-bond acceptors (Lipinski definition) is 6. The van der Waals surface area contributed by atoms with Crippen molar-refractivity contribution in [1.29, 1.82) is 5.41 Å². The van der Waals surface area contributed by atoms with Gasteiger partial charge in [0.2, 0.25) is 11.6 Å². The van der Waals surface area contributed by atoms with Crippen LogP contribution >= 0.6 is 0 Å². The number of hydrogen-bond donors (Lipinski definition) is 1. The van der Waals surface area contributed by atoms with Crippen molar-refractivity contribution in [3.8, 4) is 11.5 Å². The molecule has 0 saturated carbocycles. The van der Waals surface area contributed by atoms with Gasteiger partial charge < -0.3 is 14.2 Å². The first-order chi connectivity index (χ1) is 15.4. The van der Waals surface area contributed by atoms with Crippen molar-refractivity contribution in [2.45, 2.75) is 25.4 Å². The van der Waals surface area contributed by atoms with Crippen molar-refractivity contribution in [1.82, 2.24) is 4.90 Å². The molecule has 2 aromatic rings. The summed E-state index contributed by atoms with van der Waals surface area (Å²) in [6, 6.07) is 9.05. The normalized spacial score (nSPS) is 18.6. The minimum absolute atomic E-state index is 0.0813. The van der Waals surface area contributed by atoms with E-state index in [0.29, 0.717) is 5.56 Å². The van der Waals surface area contributed by atoms with E-state index in [-0.39, 0.29) is 22.8 Å². The van der Waals surface area contributed by atoms with Gasteiger partial charge in [0.25, 0.3) is 11.8 Å². The van der Waals surface area contributed by atoms with Gasteiger partial charge in [-0.15, -0.1) is 13.2 Å². The average Bonchev–Trinajstić information content (AvgIpc) is 2.75. The molecule has 0 radical (unpaired) electrons. The van der Waals surface area contributed by atoms with Crippen molar-refractivity contribution < 1.29 is 41.0 Å². The van der Waals surface area contributed by atoms with Gasteiger partial charge in [-0.2, -0.15) is 8.78 Å². The molecule has 0 bridgehead atoms. The summed E-state index contributed by atoms with van der Waals surface area (Å²) in [5, 5.41) is 7.17. The minimum atomic E-state index is -4.84. The van der Waals surface area contributed by atoms with Crippen LogP contribution in [0.2, 0.25) is 0 Å². The SMILES string of the molecule is C/N=C(\OC(=N)C(F)F)c1ccc2c(c1)C(=O)N(C)C(C)(c1ccc(OC(F)(F)F)cc1)O2. The lowest BCUT2D eigenvalue weighted by atomic mass is 9.98. The fraction of sp³-hybridized carbons (Fsp3) is 0.286. The van der Waals surface area contributed by atoms with Crippen molar-refractivity contribution in [3.05, 3.63) is 59.2 Å². The van der Waals surface area contributed by atoms with Crippen LogP contribution in [-0.4, -0.2) is 49.5 Å².